The van der Waals surface area contributed by atoms with E-state index in [4.69, 9.17) is 14.5 Å². The van der Waals surface area contributed by atoms with Crippen LogP contribution in [-0.4, -0.2) is 50.9 Å². The third-order valence-electron chi connectivity index (χ3n) is 10.3. The number of pyridine rings is 1. The Morgan fingerprint density at radius 2 is 1.71 bits per heavy atom. The van der Waals surface area contributed by atoms with Gasteiger partial charge in [-0.3, -0.25) is 4.79 Å². The lowest BCUT2D eigenvalue weighted by atomic mass is 9.84. The molecule has 1 amide bonds. The van der Waals surface area contributed by atoms with Crippen molar-refractivity contribution in [1.82, 2.24) is 19.9 Å². The number of carbonyl (C=O) groups is 2. The molecular weight excluding hydrogens is 651 g/mol. The van der Waals surface area contributed by atoms with Crippen LogP contribution in [0.2, 0.25) is 0 Å². The molecule has 2 atom stereocenters. The summed E-state index contributed by atoms with van der Waals surface area (Å²) < 4.78 is 12.3. The topological polar surface area (TPSA) is 107 Å². The second-order valence-corrected chi connectivity index (χ2v) is 14.5. The number of rotatable bonds is 11. The number of aryl methyl sites for hydroxylation is 1. The van der Waals surface area contributed by atoms with Crippen molar-refractivity contribution < 1.29 is 19.1 Å². The van der Waals surface area contributed by atoms with E-state index in [1.807, 2.05) is 73.7 Å². The van der Waals surface area contributed by atoms with Gasteiger partial charge in [0.2, 0.25) is 11.8 Å². The maximum Gasteiger partial charge on any atom is 0.410 e. The number of likely N-dealkylation sites (tertiary alicyclic amines) is 1. The molecule has 1 aliphatic carbocycles. The fourth-order valence-corrected chi connectivity index (χ4v) is 7.73. The zero-order valence-corrected chi connectivity index (χ0v) is 30.1. The predicted molar refractivity (Wildman–Crippen MR) is 203 cm³/mol. The Labute approximate surface area is 305 Å². The smallest absolute Gasteiger partial charge is 0.410 e. The minimum atomic E-state index is -0.323. The molecule has 2 fully saturated rings. The summed E-state index contributed by atoms with van der Waals surface area (Å²) in [6, 6.07) is 25.6. The van der Waals surface area contributed by atoms with Crippen LogP contribution >= 0.6 is 0 Å². The lowest BCUT2D eigenvalue weighted by molar-refractivity contribution is -0.119. The van der Waals surface area contributed by atoms with E-state index in [1.54, 1.807) is 17.3 Å². The van der Waals surface area contributed by atoms with Crippen molar-refractivity contribution in [2.24, 2.45) is 11.8 Å². The summed E-state index contributed by atoms with van der Waals surface area (Å²) in [5.41, 5.74) is 4.34. The Bertz CT molecular complexity index is 2010. The third kappa shape index (κ3) is 8.58. The van der Waals surface area contributed by atoms with Gasteiger partial charge in [-0.25, -0.2) is 19.7 Å². The van der Waals surface area contributed by atoms with Gasteiger partial charge >= 0.3 is 6.09 Å². The maximum atomic E-state index is 13.2. The molecule has 1 saturated carbocycles. The van der Waals surface area contributed by atoms with Gasteiger partial charge in [0.1, 0.15) is 18.1 Å². The molecule has 9 heteroatoms. The van der Waals surface area contributed by atoms with Crippen LogP contribution in [-0.2, 0) is 22.6 Å². The molecule has 1 saturated heterocycles. The van der Waals surface area contributed by atoms with Gasteiger partial charge in [0.25, 0.3) is 0 Å². The molecule has 268 valence electrons. The number of ketones is 1. The van der Waals surface area contributed by atoms with Crippen molar-refractivity contribution in [2.45, 2.75) is 77.9 Å². The number of nitrogens with one attached hydrogen (secondary N) is 1. The van der Waals surface area contributed by atoms with Crippen molar-refractivity contribution >= 4 is 28.6 Å². The first-order chi connectivity index (χ1) is 25.4. The van der Waals surface area contributed by atoms with Gasteiger partial charge in [0.15, 0.2) is 0 Å². The zero-order chi connectivity index (χ0) is 35.9. The molecule has 1 aliphatic heterocycles. The number of Topliss-reactive ketones (excluding diaryl/α,β-unsaturated/α-hetero) is 1. The van der Waals surface area contributed by atoms with Crippen LogP contribution < -0.4 is 10.1 Å². The van der Waals surface area contributed by atoms with Gasteiger partial charge < -0.3 is 19.7 Å². The second kappa shape index (κ2) is 16.4. The molecule has 2 aromatic heterocycles. The number of amides is 1. The number of carbonyl (C=O) groups excluding carboxylic acids is 2. The molecule has 0 spiro atoms. The molecule has 1 N–H and O–H groups in total. The molecule has 0 radical (unpaired) electrons. The number of nitrogens with zero attached hydrogens (tertiary/aromatic N) is 4. The summed E-state index contributed by atoms with van der Waals surface area (Å²) in [6.45, 7) is 5.52. The Balaban J connectivity index is 1.06. The summed E-state index contributed by atoms with van der Waals surface area (Å²) in [7, 11) is 0. The van der Waals surface area contributed by atoms with Crippen LogP contribution in [0.1, 0.15) is 68.6 Å². The Morgan fingerprint density at radius 3 is 2.56 bits per heavy atom. The largest absolute Gasteiger partial charge is 0.445 e. The van der Waals surface area contributed by atoms with Gasteiger partial charge in [-0.2, -0.15) is 0 Å². The summed E-state index contributed by atoms with van der Waals surface area (Å²) in [4.78, 5) is 42.0. The van der Waals surface area contributed by atoms with E-state index in [9.17, 15) is 9.59 Å². The van der Waals surface area contributed by atoms with Crippen LogP contribution in [0, 0.1) is 18.8 Å². The van der Waals surface area contributed by atoms with Crippen molar-refractivity contribution in [3.05, 3.63) is 108 Å². The van der Waals surface area contributed by atoms with Gasteiger partial charge in [-0.1, -0.05) is 99.7 Å². The van der Waals surface area contributed by atoms with E-state index < -0.39 is 0 Å². The average Bonchev–Trinajstić information content (AvgIpc) is 3.16. The first-order valence-corrected chi connectivity index (χ1v) is 18.6. The van der Waals surface area contributed by atoms with E-state index in [0.717, 1.165) is 39.4 Å². The minimum absolute atomic E-state index is 0.0463. The predicted octanol–water partition coefficient (Wildman–Crippen LogP) is 9.33. The van der Waals surface area contributed by atoms with Crippen LogP contribution in [0.25, 0.3) is 22.0 Å². The quantitative estimate of drug-likeness (QED) is 0.146. The molecule has 9 nitrogen and oxygen atoms in total. The molecule has 7 rings (SSSR count). The molecule has 0 bridgehead atoms. The van der Waals surface area contributed by atoms with Crippen LogP contribution in [0.3, 0.4) is 0 Å². The highest BCUT2D eigenvalue weighted by atomic mass is 16.6. The first-order valence-electron chi connectivity index (χ1n) is 18.6. The van der Waals surface area contributed by atoms with E-state index in [0.29, 0.717) is 60.9 Å². The second-order valence-electron chi connectivity index (χ2n) is 14.5. The lowest BCUT2D eigenvalue weighted by Crippen LogP contribution is -2.48. The Hall–Kier alpha value is -5.31. The number of aromatic nitrogens is 3. The highest BCUT2D eigenvalue weighted by Crippen LogP contribution is 2.38. The standard InChI is InChI=1S/C43H47N5O4/c1-29-23-34(27-48(26-29)43(50)51-28-32-13-7-4-8-14-32)46-42-45-22-20-39(47-42)38-17-10-21-44-41(38)52-40-30(2)18-19-36-33(15-9-16-37(36)40)25-35(49)24-31-11-5-3-6-12-31/h4,7-10,13-22,29,31,34H,3,5-6,11-12,23-28H2,1-2H3,(H,45,46,47)/t29-,34+/m1/s1. The Morgan fingerprint density at radius 1 is 0.865 bits per heavy atom. The van der Waals surface area contributed by atoms with Crippen molar-refractivity contribution in [2.75, 3.05) is 18.4 Å². The van der Waals surface area contributed by atoms with E-state index in [-0.39, 0.29) is 24.7 Å². The number of piperidine rings is 1. The molecular formula is C43H47N5O4. The maximum absolute atomic E-state index is 13.2. The zero-order valence-electron chi connectivity index (χ0n) is 30.1. The van der Waals surface area contributed by atoms with Crippen molar-refractivity contribution in [3.8, 4) is 22.9 Å². The molecule has 52 heavy (non-hydrogen) atoms. The number of hydrogen-bond acceptors (Lipinski definition) is 8. The molecule has 3 aromatic carbocycles. The molecule has 2 aliphatic rings. The minimum Gasteiger partial charge on any atom is -0.445 e. The van der Waals surface area contributed by atoms with Gasteiger partial charge in [-0.15, -0.1) is 0 Å². The SMILES string of the molecule is Cc1ccc2c(CC(=O)CC3CCCCC3)cccc2c1Oc1ncccc1-c1ccnc(N[C@H]2C[C@@H](C)CN(C(=O)OCc3ccccc3)C2)n1. The summed E-state index contributed by atoms with van der Waals surface area (Å²) >= 11 is 0. The molecule has 0 unspecified atom stereocenters. The number of fused-ring (bicyclic) bond motifs is 1. The fourth-order valence-electron chi connectivity index (χ4n) is 7.73. The van der Waals surface area contributed by atoms with E-state index in [2.05, 4.69) is 34.3 Å². The normalized spacial score (nSPS) is 17.8. The van der Waals surface area contributed by atoms with Crippen molar-refractivity contribution in [1.29, 1.82) is 0 Å². The molecule has 5 aromatic rings. The fraction of sp³-hybridized carbons (Fsp3) is 0.372. The van der Waals surface area contributed by atoms with Crippen LogP contribution in [0.5, 0.6) is 11.6 Å². The van der Waals surface area contributed by atoms with Crippen molar-refractivity contribution in [3.63, 3.8) is 0 Å². The van der Waals surface area contributed by atoms with Gasteiger partial charge in [-0.05, 0) is 65.5 Å². The number of benzene rings is 3. The van der Waals surface area contributed by atoms with Gasteiger partial charge in [0.05, 0.1) is 11.3 Å². The summed E-state index contributed by atoms with van der Waals surface area (Å²) in [6.07, 6.45) is 11.2. The number of ether oxygens (including phenoxy) is 2. The third-order valence-corrected chi connectivity index (χ3v) is 10.3. The Kier molecular flexibility index (Phi) is 11.0. The number of hydrogen-bond donors (Lipinski definition) is 1. The van der Waals surface area contributed by atoms with Gasteiger partial charge in [0, 0.05) is 49.8 Å². The summed E-state index contributed by atoms with van der Waals surface area (Å²) in [5, 5.41) is 5.44. The highest BCUT2D eigenvalue weighted by Gasteiger charge is 2.29. The number of anilines is 1. The highest BCUT2D eigenvalue weighted by molar-refractivity contribution is 5.95. The van der Waals surface area contributed by atoms with E-state index in [1.165, 1.54) is 32.1 Å². The summed E-state index contributed by atoms with van der Waals surface area (Å²) in [5.74, 6) is 2.71. The van der Waals surface area contributed by atoms with Crippen LogP contribution in [0.15, 0.2) is 91.3 Å². The lowest BCUT2D eigenvalue weighted by Gasteiger charge is -2.36. The molecule has 3 heterocycles. The van der Waals surface area contributed by atoms with Crippen LogP contribution in [0.4, 0.5) is 10.7 Å². The average molecular weight is 698 g/mol. The van der Waals surface area contributed by atoms with E-state index >= 15 is 0 Å². The monoisotopic (exact) mass is 697 g/mol. The first kappa shape index (κ1) is 35.1.